The van der Waals surface area contributed by atoms with E-state index < -0.39 is 0 Å². The monoisotopic (exact) mass is 208 g/mol. The lowest BCUT2D eigenvalue weighted by molar-refractivity contribution is 0.388. The van der Waals surface area contributed by atoms with Crippen LogP contribution in [0.3, 0.4) is 0 Å². The van der Waals surface area contributed by atoms with Gasteiger partial charge in [-0.3, -0.25) is 0 Å². The highest BCUT2D eigenvalue weighted by Gasteiger charge is 2.15. The van der Waals surface area contributed by atoms with Gasteiger partial charge in [0, 0.05) is 6.92 Å². The van der Waals surface area contributed by atoms with Crippen molar-refractivity contribution in [2.75, 3.05) is 0 Å². The molecule has 0 saturated heterocycles. The van der Waals surface area contributed by atoms with Gasteiger partial charge in [-0.15, -0.1) is 11.6 Å². The molecule has 1 aromatic heterocycles. The predicted octanol–water partition coefficient (Wildman–Crippen LogP) is 2.71. The third kappa shape index (κ3) is 1.77. The smallest absolute Gasteiger partial charge is 0.223 e. The molecule has 0 amide bonds. The number of benzene rings is 1. The Morgan fingerprint density at radius 1 is 1.29 bits per heavy atom. The topological polar surface area (TPSA) is 38.9 Å². The SMILES string of the molecule is Cc1nc(C(Cl)c2ccccc2)no1. The Kier molecular flexibility index (Phi) is 2.50. The standard InChI is InChI=1S/C10H9ClN2O/c1-7-12-10(13-14-7)9(11)8-5-3-2-4-6-8/h2-6,9H,1H3. The molecule has 1 atom stereocenters. The summed E-state index contributed by atoms with van der Waals surface area (Å²) in [5.74, 6) is 1.04. The van der Waals surface area contributed by atoms with E-state index in [1.807, 2.05) is 30.3 Å². The molecule has 1 aromatic carbocycles. The molecular weight excluding hydrogens is 200 g/mol. The van der Waals surface area contributed by atoms with Crippen LogP contribution in [-0.2, 0) is 0 Å². The molecule has 0 aliphatic rings. The average Bonchev–Trinajstić information content (AvgIpc) is 2.65. The van der Waals surface area contributed by atoms with Crippen LogP contribution in [0.2, 0.25) is 0 Å². The van der Waals surface area contributed by atoms with Gasteiger partial charge in [0.05, 0.1) is 0 Å². The zero-order valence-electron chi connectivity index (χ0n) is 7.64. The highest BCUT2D eigenvalue weighted by Crippen LogP contribution is 2.25. The highest BCUT2D eigenvalue weighted by atomic mass is 35.5. The van der Waals surface area contributed by atoms with Crippen molar-refractivity contribution >= 4 is 11.6 Å². The highest BCUT2D eigenvalue weighted by molar-refractivity contribution is 6.22. The number of hydrogen-bond acceptors (Lipinski definition) is 3. The minimum atomic E-state index is -0.339. The first-order chi connectivity index (χ1) is 6.77. The van der Waals surface area contributed by atoms with Crippen LogP contribution in [0.1, 0.15) is 22.7 Å². The van der Waals surface area contributed by atoms with Crippen molar-refractivity contribution in [2.24, 2.45) is 0 Å². The summed E-state index contributed by atoms with van der Waals surface area (Å²) in [5.41, 5.74) is 0.968. The normalized spacial score (nSPS) is 12.7. The number of hydrogen-bond donors (Lipinski definition) is 0. The molecule has 0 radical (unpaired) electrons. The molecule has 72 valence electrons. The van der Waals surface area contributed by atoms with Crippen LogP contribution >= 0.6 is 11.6 Å². The summed E-state index contributed by atoms with van der Waals surface area (Å²) in [4.78, 5) is 4.08. The molecule has 0 spiro atoms. The lowest BCUT2D eigenvalue weighted by Crippen LogP contribution is -1.95. The maximum absolute atomic E-state index is 6.16. The van der Waals surface area contributed by atoms with Gasteiger partial charge in [0.2, 0.25) is 5.89 Å². The largest absolute Gasteiger partial charge is 0.340 e. The summed E-state index contributed by atoms with van der Waals surface area (Å²) in [7, 11) is 0. The van der Waals surface area contributed by atoms with Crippen molar-refractivity contribution in [3.05, 3.63) is 47.6 Å². The van der Waals surface area contributed by atoms with Crippen molar-refractivity contribution in [3.63, 3.8) is 0 Å². The van der Waals surface area contributed by atoms with Gasteiger partial charge in [-0.25, -0.2) is 0 Å². The van der Waals surface area contributed by atoms with Crippen molar-refractivity contribution in [1.82, 2.24) is 10.1 Å². The maximum Gasteiger partial charge on any atom is 0.223 e. The molecule has 1 heterocycles. The quantitative estimate of drug-likeness (QED) is 0.713. The first-order valence-electron chi connectivity index (χ1n) is 4.26. The molecule has 2 aromatic rings. The maximum atomic E-state index is 6.16. The summed E-state index contributed by atoms with van der Waals surface area (Å²) in [6.45, 7) is 1.74. The van der Waals surface area contributed by atoms with Gasteiger partial charge in [-0.1, -0.05) is 35.5 Å². The number of halogens is 1. The van der Waals surface area contributed by atoms with E-state index in [9.17, 15) is 0 Å². The minimum absolute atomic E-state index is 0.339. The van der Waals surface area contributed by atoms with Crippen LogP contribution < -0.4 is 0 Å². The summed E-state index contributed by atoms with van der Waals surface area (Å²) in [6, 6.07) is 9.66. The molecule has 0 saturated carbocycles. The van der Waals surface area contributed by atoms with Crippen LogP contribution in [-0.4, -0.2) is 10.1 Å². The summed E-state index contributed by atoms with van der Waals surface area (Å²) in [6.07, 6.45) is 0. The van der Waals surface area contributed by atoms with Crippen LogP contribution in [0.5, 0.6) is 0 Å². The van der Waals surface area contributed by atoms with Crippen molar-refractivity contribution in [1.29, 1.82) is 0 Å². The molecule has 3 nitrogen and oxygen atoms in total. The van der Waals surface area contributed by atoms with Crippen LogP contribution in [0.4, 0.5) is 0 Å². The zero-order chi connectivity index (χ0) is 9.97. The van der Waals surface area contributed by atoms with Gasteiger partial charge in [0.25, 0.3) is 0 Å². The van der Waals surface area contributed by atoms with E-state index in [0.29, 0.717) is 11.7 Å². The van der Waals surface area contributed by atoms with E-state index in [1.165, 1.54) is 0 Å². The van der Waals surface area contributed by atoms with Crippen LogP contribution in [0.25, 0.3) is 0 Å². The molecule has 4 heteroatoms. The number of aromatic nitrogens is 2. The van der Waals surface area contributed by atoms with Crippen LogP contribution in [0.15, 0.2) is 34.9 Å². The molecule has 0 aliphatic carbocycles. The van der Waals surface area contributed by atoms with E-state index in [4.69, 9.17) is 16.1 Å². The van der Waals surface area contributed by atoms with E-state index in [2.05, 4.69) is 10.1 Å². The summed E-state index contributed by atoms with van der Waals surface area (Å²) < 4.78 is 4.86. The van der Waals surface area contributed by atoms with E-state index >= 15 is 0 Å². The van der Waals surface area contributed by atoms with Crippen molar-refractivity contribution < 1.29 is 4.52 Å². The van der Waals surface area contributed by atoms with Crippen molar-refractivity contribution in [3.8, 4) is 0 Å². The lowest BCUT2D eigenvalue weighted by atomic mass is 10.1. The third-order valence-electron chi connectivity index (χ3n) is 1.86. The Labute approximate surface area is 86.7 Å². The Morgan fingerprint density at radius 2 is 2.00 bits per heavy atom. The first kappa shape index (κ1) is 9.21. The van der Waals surface area contributed by atoms with E-state index in [1.54, 1.807) is 6.92 Å². The number of alkyl halides is 1. The zero-order valence-corrected chi connectivity index (χ0v) is 8.40. The number of nitrogens with zero attached hydrogens (tertiary/aromatic N) is 2. The third-order valence-corrected chi connectivity index (χ3v) is 2.31. The first-order valence-corrected chi connectivity index (χ1v) is 4.70. The van der Waals surface area contributed by atoms with Crippen LogP contribution in [0, 0.1) is 6.92 Å². The molecule has 2 rings (SSSR count). The Hall–Kier alpha value is -1.35. The molecule has 1 unspecified atom stereocenters. The predicted molar refractivity (Wildman–Crippen MR) is 53.2 cm³/mol. The van der Waals surface area contributed by atoms with E-state index in [0.717, 1.165) is 5.56 Å². The van der Waals surface area contributed by atoms with Crippen molar-refractivity contribution in [2.45, 2.75) is 12.3 Å². The second-order valence-electron chi connectivity index (χ2n) is 2.94. The molecule has 0 N–H and O–H groups in total. The average molecular weight is 209 g/mol. The number of aryl methyl sites for hydroxylation is 1. The second-order valence-corrected chi connectivity index (χ2v) is 3.38. The Morgan fingerprint density at radius 3 is 2.57 bits per heavy atom. The van der Waals surface area contributed by atoms with Gasteiger partial charge in [-0.05, 0) is 5.56 Å². The fourth-order valence-corrected chi connectivity index (χ4v) is 1.42. The fraction of sp³-hybridized carbons (Fsp3) is 0.200. The van der Waals surface area contributed by atoms with Gasteiger partial charge < -0.3 is 4.52 Å². The minimum Gasteiger partial charge on any atom is -0.340 e. The lowest BCUT2D eigenvalue weighted by Gasteiger charge is -2.03. The molecule has 14 heavy (non-hydrogen) atoms. The van der Waals surface area contributed by atoms with Gasteiger partial charge in [0.1, 0.15) is 5.38 Å². The fourth-order valence-electron chi connectivity index (χ4n) is 1.19. The molecule has 0 fully saturated rings. The van der Waals surface area contributed by atoms with Gasteiger partial charge in [-0.2, -0.15) is 4.98 Å². The van der Waals surface area contributed by atoms with E-state index in [-0.39, 0.29) is 5.38 Å². The van der Waals surface area contributed by atoms with Gasteiger partial charge >= 0.3 is 0 Å². The summed E-state index contributed by atoms with van der Waals surface area (Å²) in [5, 5.41) is 3.43. The Balaban J connectivity index is 2.29. The summed E-state index contributed by atoms with van der Waals surface area (Å²) >= 11 is 6.16. The number of rotatable bonds is 2. The molecular formula is C10H9ClN2O. The molecule has 0 aliphatic heterocycles. The molecule has 0 bridgehead atoms. The van der Waals surface area contributed by atoms with Gasteiger partial charge in [0.15, 0.2) is 5.82 Å². The second kappa shape index (κ2) is 3.80. The Bertz CT molecular complexity index is 413.